The summed E-state index contributed by atoms with van der Waals surface area (Å²) in [6, 6.07) is 9.02. The van der Waals surface area contributed by atoms with Crippen molar-refractivity contribution in [2.45, 2.75) is 6.42 Å². The van der Waals surface area contributed by atoms with Gasteiger partial charge < -0.3 is 14.6 Å². The van der Waals surface area contributed by atoms with E-state index in [1.54, 1.807) is 18.2 Å². The molecule has 1 saturated heterocycles. The van der Waals surface area contributed by atoms with Gasteiger partial charge >= 0.3 is 5.97 Å². The maximum Gasteiger partial charge on any atom is 0.335 e. The molecule has 1 aliphatic rings. The number of benzene rings is 2. The zero-order valence-electron chi connectivity index (χ0n) is 18.2. The van der Waals surface area contributed by atoms with Crippen LogP contribution in [0, 0.1) is 12.3 Å². The van der Waals surface area contributed by atoms with E-state index in [1.165, 1.54) is 37.5 Å². The molecule has 172 valence electrons. The van der Waals surface area contributed by atoms with Gasteiger partial charge in [0, 0.05) is 5.56 Å². The van der Waals surface area contributed by atoms with E-state index in [0.29, 0.717) is 29.0 Å². The quantitative estimate of drug-likeness (QED) is 0.198. The Morgan fingerprint density at radius 2 is 2.09 bits per heavy atom. The van der Waals surface area contributed by atoms with E-state index >= 15 is 0 Å². The summed E-state index contributed by atoms with van der Waals surface area (Å²) in [7, 11) is 1.46. The third-order valence-electron chi connectivity index (χ3n) is 4.80. The molecule has 2 amide bonds. The molecule has 0 bridgehead atoms. The maximum absolute atomic E-state index is 13.3. The lowest BCUT2D eigenvalue weighted by molar-refractivity contribution is -0.122. The highest BCUT2D eigenvalue weighted by atomic mass is 32.1. The number of hydrogen-bond acceptors (Lipinski definition) is 6. The van der Waals surface area contributed by atoms with E-state index in [0.717, 1.165) is 4.90 Å². The van der Waals surface area contributed by atoms with Crippen molar-refractivity contribution in [1.29, 1.82) is 0 Å². The smallest absolute Gasteiger partial charge is 0.335 e. The monoisotopic (exact) mass is 476 g/mol. The van der Waals surface area contributed by atoms with Crippen LogP contribution in [0.3, 0.4) is 0 Å². The van der Waals surface area contributed by atoms with Gasteiger partial charge in [0.1, 0.15) is 12.2 Å². The van der Waals surface area contributed by atoms with Crippen molar-refractivity contribution in [3.63, 3.8) is 0 Å². The number of nitrogens with zero attached hydrogens (tertiary/aromatic N) is 1. The van der Waals surface area contributed by atoms with Crippen molar-refractivity contribution in [2.24, 2.45) is 0 Å². The van der Waals surface area contributed by atoms with Crippen LogP contribution in [0.25, 0.3) is 6.08 Å². The van der Waals surface area contributed by atoms with Gasteiger partial charge in [-0.25, -0.2) is 4.79 Å². The third kappa shape index (κ3) is 4.98. The predicted molar refractivity (Wildman–Crippen MR) is 131 cm³/mol. The molecule has 0 unspecified atom stereocenters. The van der Waals surface area contributed by atoms with Crippen LogP contribution in [0.5, 0.6) is 11.5 Å². The number of carbonyl (C=O) groups excluding carboxylic acids is 2. The molecule has 3 rings (SSSR count). The minimum atomic E-state index is -1.16. The average molecular weight is 477 g/mol. The number of ether oxygens (including phenoxy) is 2. The normalized spacial score (nSPS) is 14.4. The van der Waals surface area contributed by atoms with Gasteiger partial charge in [-0.2, -0.15) is 0 Å². The van der Waals surface area contributed by atoms with Crippen LogP contribution in [-0.4, -0.2) is 41.7 Å². The molecule has 8 nitrogen and oxygen atoms in total. The van der Waals surface area contributed by atoms with Gasteiger partial charge in [-0.15, -0.1) is 13.0 Å². The van der Waals surface area contributed by atoms with Crippen LogP contribution < -0.4 is 19.7 Å². The van der Waals surface area contributed by atoms with Crippen molar-refractivity contribution < 1.29 is 29.0 Å². The van der Waals surface area contributed by atoms with Crippen LogP contribution in [0.2, 0.25) is 0 Å². The fraction of sp³-hybridized carbons (Fsp3) is 0.120. The SMILES string of the molecule is C#CCOc1c(CC=C)cc(C=C2C(=O)NC(=S)N(c3cccc(C(=O)O)c3)C2=O)cc1OC. The van der Waals surface area contributed by atoms with Crippen LogP contribution in [0.4, 0.5) is 5.69 Å². The van der Waals surface area contributed by atoms with E-state index in [-0.39, 0.29) is 28.5 Å². The van der Waals surface area contributed by atoms with Gasteiger partial charge in [0.2, 0.25) is 0 Å². The van der Waals surface area contributed by atoms with E-state index in [1.807, 2.05) is 0 Å². The standard InChI is InChI=1S/C25H20N2O6S/c1-4-7-16-11-15(13-20(32-3)21(16)33-10-5-2)12-19-22(28)26-25(34)27(23(19)29)18-9-6-8-17(14-18)24(30)31/h2,4,6,8-9,11-14H,1,7,10H2,3H3,(H,30,31)(H,26,28,34). The Morgan fingerprint density at radius 3 is 2.74 bits per heavy atom. The van der Waals surface area contributed by atoms with E-state index in [9.17, 15) is 19.5 Å². The van der Waals surface area contributed by atoms with Crippen molar-refractivity contribution in [1.82, 2.24) is 5.32 Å². The second-order valence-corrected chi connectivity index (χ2v) is 7.40. The zero-order chi connectivity index (χ0) is 24.8. The highest BCUT2D eigenvalue weighted by molar-refractivity contribution is 7.80. The first-order valence-electron chi connectivity index (χ1n) is 9.93. The Bertz CT molecular complexity index is 1270. The highest BCUT2D eigenvalue weighted by Crippen LogP contribution is 2.35. The Hall–Kier alpha value is -4.42. The Labute approximate surface area is 201 Å². The lowest BCUT2D eigenvalue weighted by Gasteiger charge is -2.29. The second-order valence-electron chi connectivity index (χ2n) is 7.01. The predicted octanol–water partition coefficient (Wildman–Crippen LogP) is 2.97. The molecule has 34 heavy (non-hydrogen) atoms. The summed E-state index contributed by atoms with van der Waals surface area (Å²) in [5, 5.41) is 11.6. The maximum atomic E-state index is 13.3. The van der Waals surface area contributed by atoms with Gasteiger partial charge in [0.15, 0.2) is 16.6 Å². The van der Waals surface area contributed by atoms with Crippen LogP contribution >= 0.6 is 12.2 Å². The van der Waals surface area contributed by atoms with Gasteiger partial charge in [0.25, 0.3) is 11.8 Å². The van der Waals surface area contributed by atoms with E-state index < -0.39 is 17.8 Å². The Balaban J connectivity index is 2.07. The third-order valence-corrected chi connectivity index (χ3v) is 5.09. The fourth-order valence-electron chi connectivity index (χ4n) is 3.34. The number of carboxylic acids is 1. The summed E-state index contributed by atoms with van der Waals surface area (Å²) in [6.07, 6.45) is 8.79. The number of amides is 2. The number of allylic oxidation sites excluding steroid dienone is 1. The topological polar surface area (TPSA) is 105 Å². The molecule has 1 aliphatic heterocycles. The van der Waals surface area contributed by atoms with Crippen molar-refractivity contribution in [2.75, 3.05) is 18.6 Å². The zero-order valence-corrected chi connectivity index (χ0v) is 19.0. The second kappa shape index (κ2) is 10.5. The number of thiocarbonyl (C=S) groups is 1. The number of terminal acetylenes is 1. The Kier molecular flexibility index (Phi) is 7.46. The minimum absolute atomic E-state index is 0.0307. The number of carboxylic acid groups (broad SMARTS) is 1. The fourth-order valence-corrected chi connectivity index (χ4v) is 3.62. The van der Waals surface area contributed by atoms with Crippen LogP contribution in [-0.2, 0) is 16.0 Å². The molecule has 0 aliphatic carbocycles. The highest BCUT2D eigenvalue weighted by Gasteiger charge is 2.34. The molecule has 2 aromatic carbocycles. The summed E-state index contributed by atoms with van der Waals surface area (Å²) in [6.45, 7) is 3.77. The van der Waals surface area contributed by atoms with Crippen molar-refractivity contribution in [3.8, 4) is 23.8 Å². The molecule has 0 atom stereocenters. The largest absolute Gasteiger partial charge is 0.493 e. The number of methoxy groups -OCH3 is 1. The molecule has 0 aromatic heterocycles. The first-order valence-corrected chi connectivity index (χ1v) is 10.3. The minimum Gasteiger partial charge on any atom is -0.493 e. The number of aromatic carboxylic acids is 1. The first-order chi connectivity index (χ1) is 16.3. The van der Waals surface area contributed by atoms with Crippen LogP contribution in [0.15, 0.2) is 54.6 Å². The van der Waals surface area contributed by atoms with Crippen molar-refractivity contribution >= 4 is 46.9 Å². The van der Waals surface area contributed by atoms with Crippen molar-refractivity contribution in [3.05, 3.63) is 71.3 Å². The Morgan fingerprint density at radius 1 is 1.32 bits per heavy atom. The van der Waals surface area contributed by atoms with Gasteiger partial charge in [-0.3, -0.25) is 19.8 Å². The summed E-state index contributed by atoms with van der Waals surface area (Å²) in [4.78, 5) is 38.3. The molecule has 0 radical (unpaired) electrons. The molecular weight excluding hydrogens is 456 g/mol. The summed E-state index contributed by atoms with van der Waals surface area (Å²) in [5.74, 6) is 0.659. The molecule has 0 spiro atoms. The van der Waals surface area contributed by atoms with E-state index in [4.69, 9.17) is 28.1 Å². The summed E-state index contributed by atoms with van der Waals surface area (Å²) >= 11 is 5.18. The first kappa shape index (κ1) is 24.2. The average Bonchev–Trinajstić information content (AvgIpc) is 2.81. The summed E-state index contributed by atoms with van der Waals surface area (Å²) in [5.41, 5.74) is 1.17. The molecular formula is C25H20N2O6S. The number of anilines is 1. The summed E-state index contributed by atoms with van der Waals surface area (Å²) < 4.78 is 11.0. The molecule has 2 aromatic rings. The molecule has 1 heterocycles. The lowest BCUT2D eigenvalue weighted by atomic mass is 10.0. The van der Waals surface area contributed by atoms with E-state index in [2.05, 4.69) is 17.8 Å². The van der Waals surface area contributed by atoms with Gasteiger partial charge in [-0.05, 0) is 60.6 Å². The lowest BCUT2D eigenvalue weighted by Crippen LogP contribution is -2.54. The molecule has 0 saturated carbocycles. The number of rotatable bonds is 8. The number of carbonyl (C=O) groups is 3. The molecule has 9 heteroatoms. The molecule has 2 N–H and O–H groups in total. The molecule has 1 fully saturated rings. The van der Waals surface area contributed by atoms with Gasteiger partial charge in [0.05, 0.1) is 18.4 Å². The van der Waals surface area contributed by atoms with Crippen LogP contribution in [0.1, 0.15) is 21.5 Å². The number of nitrogens with one attached hydrogen (secondary N) is 1. The van der Waals surface area contributed by atoms with Gasteiger partial charge in [-0.1, -0.05) is 18.1 Å². The number of hydrogen-bond donors (Lipinski definition) is 2.